The van der Waals surface area contributed by atoms with Crippen LogP contribution in [-0.2, 0) is 0 Å². The largest absolute Gasteiger partial charge is 0.395 e. The Morgan fingerprint density at radius 1 is 1.09 bits per heavy atom. The molecule has 6 nitrogen and oxygen atoms in total. The van der Waals surface area contributed by atoms with Crippen molar-refractivity contribution in [3.05, 3.63) is 36.3 Å². The van der Waals surface area contributed by atoms with Crippen LogP contribution in [0.5, 0.6) is 0 Å². The van der Waals surface area contributed by atoms with Crippen molar-refractivity contribution in [3.8, 4) is 11.3 Å². The van der Waals surface area contributed by atoms with Gasteiger partial charge in [-0.2, -0.15) is 5.10 Å². The average molecular weight is 303 g/mol. The summed E-state index contributed by atoms with van der Waals surface area (Å²) in [6, 6.07) is 6.18. The van der Waals surface area contributed by atoms with Crippen molar-refractivity contribution in [2.24, 2.45) is 0 Å². The molecule has 0 aliphatic carbocycles. The zero-order valence-electron chi connectivity index (χ0n) is 12.2. The van der Waals surface area contributed by atoms with Gasteiger partial charge in [0.15, 0.2) is 0 Å². The van der Waals surface area contributed by atoms with E-state index in [1.165, 1.54) is 12.1 Å². The number of aromatic nitrogens is 3. The van der Waals surface area contributed by atoms with Gasteiger partial charge >= 0.3 is 0 Å². The van der Waals surface area contributed by atoms with Crippen molar-refractivity contribution in [1.29, 1.82) is 0 Å². The normalized spacial score (nSPS) is 16.0. The Morgan fingerprint density at radius 2 is 1.82 bits per heavy atom. The van der Waals surface area contributed by atoms with Crippen LogP contribution >= 0.6 is 0 Å². The smallest absolute Gasteiger partial charge is 0.245 e. The molecule has 2 heterocycles. The number of β-amino-alcohol motifs (C(OH)–C–C–N with tert-alkyl or cyclic N) is 1. The van der Waals surface area contributed by atoms with Gasteiger partial charge in [-0.3, -0.25) is 4.90 Å². The molecule has 0 atom stereocenters. The Kier molecular flexibility index (Phi) is 4.55. The molecule has 116 valence electrons. The van der Waals surface area contributed by atoms with E-state index in [2.05, 4.69) is 25.0 Å². The molecule has 7 heteroatoms. The number of hydrogen-bond donors (Lipinski definition) is 1. The molecule has 22 heavy (non-hydrogen) atoms. The van der Waals surface area contributed by atoms with Crippen LogP contribution in [0.1, 0.15) is 0 Å². The highest BCUT2D eigenvalue weighted by molar-refractivity contribution is 5.59. The van der Waals surface area contributed by atoms with Crippen LogP contribution < -0.4 is 4.90 Å². The molecule has 1 aromatic carbocycles. The average Bonchev–Trinajstić information content (AvgIpc) is 2.57. The predicted molar refractivity (Wildman–Crippen MR) is 81.0 cm³/mol. The Balaban J connectivity index is 1.73. The van der Waals surface area contributed by atoms with Crippen LogP contribution in [0.2, 0.25) is 0 Å². The lowest BCUT2D eigenvalue weighted by Crippen LogP contribution is -2.47. The first-order valence-electron chi connectivity index (χ1n) is 7.30. The first-order chi connectivity index (χ1) is 10.8. The van der Waals surface area contributed by atoms with Crippen LogP contribution in [0.4, 0.5) is 10.3 Å². The second-order valence-electron chi connectivity index (χ2n) is 5.20. The highest BCUT2D eigenvalue weighted by Crippen LogP contribution is 2.19. The minimum Gasteiger partial charge on any atom is -0.395 e. The molecule has 0 saturated carbocycles. The van der Waals surface area contributed by atoms with Crippen LogP contribution in [0.3, 0.4) is 0 Å². The molecule has 0 amide bonds. The summed E-state index contributed by atoms with van der Waals surface area (Å²) in [5, 5.41) is 17.1. The van der Waals surface area contributed by atoms with Gasteiger partial charge < -0.3 is 10.0 Å². The first-order valence-corrected chi connectivity index (χ1v) is 7.30. The molecule has 0 radical (unpaired) electrons. The first kappa shape index (κ1) is 14.8. The Morgan fingerprint density at radius 3 is 2.50 bits per heavy atom. The molecule has 2 aromatic rings. The number of rotatable bonds is 4. The zero-order chi connectivity index (χ0) is 15.4. The third-order valence-electron chi connectivity index (χ3n) is 3.76. The van der Waals surface area contributed by atoms with Crippen molar-refractivity contribution >= 4 is 5.95 Å². The zero-order valence-corrected chi connectivity index (χ0v) is 12.2. The van der Waals surface area contributed by atoms with Gasteiger partial charge in [-0.15, -0.1) is 5.10 Å². The van der Waals surface area contributed by atoms with E-state index in [0.29, 0.717) is 18.2 Å². The maximum atomic E-state index is 13.0. The fourth-order valence-electron chi connectivity index (χ4n) is 2.50. The van der Waals surface area contributed by atoms with Crippen LogP contribution in [-0.4, -0.2) is 64.5 Å². The maximum absolute atomic E-state index is 13.0. The number of nitrogens with zero attached hydrogens (tertiary/aromatic N) is 5. The third-order valence-corrected chi connectivity index (χ3v) is 3.76. The molecule has 1 fully saturated rings. The van der Waals surface area contributed by atoms with E-state index in [9.17, 15) is 4.39 Å². The quantitative estimate of drug-likeness (QED) is 0.901. The lowest BCUT2D eigenvalue weighted by atomic mass is 10.2. The fourth-order valence-corrected chi connectivity index (χ4v) is 2.50. The summed E-state index contributed by atoms with van der Waals surface area (Å²) in [6.45, 7) is 4.21. The van der Waals surface area contributed by atoms with Crippen molar-refractivity contribution in [2.75, 3.05) is 44.2 Å². The molecular weight excluding hydrogens is 285 g/mol. The van der Waals surface area contributed by atoms with E-state index >= 15 is 0 Å². The lowest BCUT2D eigenvalue weighted by Gasteiger charge is -2.34. The van der Waals surface area contributed by atoms with Gasteiger partial charge in [-0.05, 0) is 24.3 Å². The van der Waals surface area contributed by atoms with Crippen molar-refractivity contribution < 1.29 is 9.50 Å². The number of aliphatic hydroxyl groups excluding tert-OH is 1. The van der Waals surface area contributed by atoms with Gasteiger partial charge in [0, 0.05) is 38.3 Å². The molecule has 3 rings (SSSR count). The standard InChI is InChI=1S/C15H18FN5O/c16-13-3-1-12(2-4-13)14-11-17-19-15(18-14)21-7-5-20(6-8-21)9-10-22/h1-4,11,22H,5-10H2. The molecule has 1 saturated heterocycles. The number of piperazine rings is 1. The van der Waals surface area contributed by atoms with Crippen molar-refractivity contribution in [2.45, 2.75) is 0 Å². The van der Waals surface area contributed by atoms with Crippen molar-refractivity contribution in [3.63, 3.8) is 0 Å². The summed E-state index contributed by atoms with van der Waals surface area (Å²) < 4.78 is 13.0. The lowest BCUT2D eigenvalue weighted by molar-refractivity contribution is 0.188. The summed E-state index contributed by atoms with van der Waals surface area (Å²) in [4.78, 5) is 8.81. The minimum atomic E-state index is -0.272. The topological polar surface area (TPSA) is 65.4 Å². The molecule has 1 aromatic heterocycles. The van der Waals surface area contributed by atoms with Crippen LogP contribution in [0.15, 0.2) is 30.5 Å². The molecular formula is C15H18FN5O. The summed E-state index contributed by atoms with van der Waals surface area (Å²) in [5.41, 5.74) is 1.50. The van der Waals surface area contributed by atoms with E-state index < -0.39 is 0 Å². The summed E-state index contributed by atoms with van der Waals surface area (Å²) in [7, 11) is 0. The van der Waals surface area contributed by atoms with Gasteiger partial charge in [-0.25, -0.2) is 9.37 Å². The third kappa shape index (κ3) is 3.37. The van der Waals surface area contributed by atoms with E-state index in [-0.39, 0.29) is 12.4 Å². The van der Waals surface area contributed by atoms with Crippen molar-refractivity contribution in [1.82, 2.24) is 20.1 Å². The number of halogens is 1. The second kappa shape index (κ2) is 6.76. The Labute approximate surface area is 128 Å². The molecule has 0 spiro atoms. The van der Waals surface area contributed by atoms with Gasteiger partial charge in [0.1, 0.15) is 5.82 Å². The molecule has 1 N–H and O–H groups in total. The maximum Gasteiger partial charge on any atom is 0.245 e. The molecule has 0 bridgehead atoms. The second-order valence-corrected chi connectivity index (χ2v) is 5.20. The Bertz CT molecular complexity index is 614. The van der Waals surface area contributed by atoms with E-state index in [1.54, 1.807) is 18.3 Å². The summed E-state index contributed by atoms with van der Waals surface area (Å²) in [5.74, 6) is 0.316. The number of aliphatic hydroxyl groups is 1. The summed E-state index contributed by atoms with van der Waals surface area (Å²) >= 11 is 0. The predicted octanol–water partition coefficient (Wildman–Crippen LogP) is 0.792. The van der Waals surface area contributed by atoms with Crippen LogP contribution in [0.25, 0.3) is 11.3 Å². The molecule has 1 aliphatic rings. The van der Waals surface area contributed by atoms with Gasteiger partial charge in [0.2, 0.25) is 5.95 Å². The van der Waals surface area contributed by atoms with Gasteiger partial charge in [-0.1, -0.05) is 0 Å². The number of hydrogen-bond acceptors (Lipinski definition) is 6. The van der Waals surface area contributed by atoms with Gasteiger partial charge in [0.25, 0.3) is 0 Å². The van der Waals surface area contributed by atoms with Gasteiger partial charge in [0.05, 0.1) is 18.5 Å². The van der Waals surface area contributed by atoms with E-state index in [0.717, 1.165) is 31.7 Å². The van der Waals surface area contributed by atoms with Crippen LogP contribution in [0, 0.1) is 5.82 Å². The molecule has 0 unspecified atom stereocenters. The highest BCUT2D eigenvalue weighted by atomic mass is 19.1. The highest BCUT2D eigenvalue weighted by Gasteiger charge is 2.19. The fraction of sp³-hybridized carbons (Fsp3) is 0.400. The minimum absolute atomic E-state index is 0.179. The van der Waals surface area contributed by atoms with E-state index in [4.69, 9.17) is 5.11 Å². The monoisotopic (exact) mass is 303 g/mol. The molecule has 1 aliphatic heterocycles. The number of benzene rings is 1. The number of anilines is 1. The SMILES string of the molecule is OCCN1CCN(c2nncc(-c3ccc(F)cc3)n2)CC1. The van der Waals surface area contributed by atoms with E-state index in [1.807, 2.05) is 0 Å². The summed E-state index contributed by atoms with van der Waals surface area (Å²) in [6.07, 6.45) is 1.58. The Hall–Kier alpha value is -2.12.